The van der Waals surface area contributed by atoms with Gasteiger partial charge in [-0.25, -0.2) is 8.42 Å². The first kappa shape index (κ1) is 14.8. The highest BCUT2D eigenvalue weighted by Gasteiger charge is 2.49. The predicted octanol–water partition coefficient (Wildman–Crippen LogP) is 2.32. The molecule has 0 unspecified atom stereocenters. The number of esters is 1. The highest BCUT2D eigenvalue weighted by Crippen LogP contribution is 2.51. The van der Waals surface area contributed by atoms with E-state index in [1.165, 1.54) is 7.11 Å². The summed E-state index contributed by atoms with van der Waals surface area (Å²) in [5.74, 6) is 0.537. The van der Waals surface area contributed by atoms with Crippen LogP contribution in [0, 0.1) is 11.3 Å². The summed E-state index contributed by atoms with van der Waals surface area (Å²) in [6, 6.07) is 0. The Kier molecular flexibility index (Phi) is 4.23. The molecule has 110 valence electrons. The summed E-state index contributed by atoms with van der Waals surface area (Å²) in [6.07, 6.45) is 5.53. The average Bonchev–Trinajstić information content (AvgIpc) is 3.08. The molecule has 0 atom stereocenters. The lowest BCUT2D eigenvalue weighted by Crippen LogP contribution is -2.32. The summed E-state index contributed by atoms with van der Waals surface area (Å²) in [7, 11) is -1.71. The Morgan fingerprint density at radius 2 is 1.79 bits per heavy atom. The Balaban J connectivity index is 1.96. The van der Waals surface area contributed by atoms with Crippen molar-refractivity contribution in [2.24, 2.45) is 11.3 Å². The van der Waals surface area contributed by atoms with Crippen molar-refractivity contribution in [1.29, 1.82) is 0 Å². The first-order valence-electron chi connectivity index (χ1n) is 7.15. The van der Waals surface area contributed by atoms with Crippen molar-refractivity contribution >= 4 is 15.8 Å². The largest absolute Gasteiger partial charge is 0.469 e. The van der Waals surface area contributed by atoms with Crippen molar-refractivity contribution in [3.63, 3.8) is 0 Å². The third-order valence-electron chi connectivity index (χ3n) is 4.68. The molecule has 0 aromatic heterocycles. The SMILES string of the molecule is COC(=O)CC1(CS(=O)(=O)C2CCC(C)CC2)CC1. The highest BCUT2D eigenvalue weighted by atomic mass is 32.2. The quantitative estimate of drug-likeness (QED) is 0.728. The zero-order valence-corrected chi connectivity index (χ0v) is 12.7. The van der Waals surface area contributed by atoms with E-state index in [0.29, 0.717) is 5.92 Å². The monoisotopic (exact) mass is 288 g/mol. The maximum absolute atomic E-state index is 12.5. The lowest BCUT2D eigenvalue weighted by atomic mass is 9.91. The molecule has 0 amide bonds. The second-order valence-corrected chi connectivity index (χ2v) is 8.72. The van der Waals surface area contributed by atoms with Gasteiger partial charge in [-0.1, -0.05) is 6.92 Å². The van der Waals surface area contributed by atoms with Gasteiger partial charge in [0.25, 0.3) is 0 Å². The zero-order chi connectivity index (χ0) is 14.1. The smallest absolute Gasteiger partial charge is 0.306 e. The topological polar surface area (TPSA) is 60.4 Å². The molecule has 0 radical (unpaired) electrons. The van der Waals surface area contributed by atoms with Crippen molar-refractivity contribution in [2.75, 3.05) is 12.9 Å². The molecule has 4 nitrogen and oxygen atoms in total. The highest BCUT2D eigenvalue weighted by molar-refractivity contribution is 7.92. The lowest BCUT2D eigenvalue weighted by Gasteiger charge is -2.27. The van der Waals surface area contributed by atoms with Gasteiger partial charge in [-0.05, 0) is 49.9 Å². The standard InChI is InChI=1S/C14H24O4S/c1-11-3-5-12(6-4-11)19(16,17)10-14(7-8-14)9-13(15)18-2/h11-12H,3-10H2,1-2H3. The predicted molar refractivity (Wildman–Crippen MR) is 73.5 cm³/mol. The van der Waals surface area contributed by atoms with Crippen LogP contribution in [0.5, 0.6) is 0 Å². The van der Waals surface area contributed by atoms with Crippen molar-refractivity contribution in [3.05, 3.63) is 0 Å². The second kappa shape index (κ2) is 5.43. The van der Waals surface area contributed by atoms with Crippen LogP contribution in [0.25, 0.3) is 0 Å². The number of ether oxygens (including phenoxy) is 1. The van der Waals surface area contributed by atoms with Gasteiger partial charge in [-0.15, -0.1) is 0 Å². The van der Waals surface area contributed by atoms with Gasteiger partial charge in [0.1, 0.15) is 0 Å². The van der Waals surface area contributed by atoms with E-state index in [4.69, 9.17) is 0 Å². The number of methoxy groups -OCH3 is 1. The average molecular weight is 288 g/mol. The number of carbonyl (C=O) groups excluding carboxylic acids is 1. The molecule has 2 saturated carbocycles. The van der Waals surface area contributed by atoms with Crippen LogP contribution in [0.4, 0.5) is 0 Å². The van der Waals surface area contributed by atoms with Crippen molar-refractivity contribution in [3.8, 4) is 0 Å². The van der Waals surface area contributed by atoms with E-state index < -0.39 is 9.84 Å². The molecule has 0 heterocycles. The van der Waals surface area contributed by atoms with Gasteiger partial charge in [-0.3, -0.25) is 4.79 Å². The van der Waals surface area contributed by atoms with E-state index in [1.54, 1.807) is 0 Å². The van der Waals surface area contributed by atoms with Crippen LogP contribution >= 0.6 is 0 Å². The molecule has 0 spiro atoms. The van der Waals surface area contributed by atoms with Crippen LogP contribution in [0.15, 0.2) is 0 Å². The Hall–Kier alpha value is -0.580. The molecule has 19 heavy (non-hydrogen) atoms. The molecule has 0 aromatic carbocycles. The number of rotatable bonds is 5. The number of carbonyl (C=O) groups is 1. The molecule has 0 N–H and O–H groups in total. The fraction of sp³-hybridized carbons (Fsp3) is 0.929. The number of sulfone groups is 1. The third-order valence-corrected chi connectivity index (χ3v) is 7.18. The first-order valence-corrected chi connectivity index (χ1v) is 8.87. The van der Waals surface area contributed by atoms with Crippen molar-refractivity contribution < 1.29 is 17.9 Å². The minimum Gasteiger partial charge on any atom is -0.469 e. The van der Waals surface area contributed by atoms with Gasteiger partial charge in [0, 0.05) is 0 Å². The summed E-state index contributed by atoms with van der Waals surface area (Å²) in [5, 5.41) is -0.182. The molecular weight excluding hydrogens is 264 g/mol. The van der Waals surface area contributed by atoms with Crippen LogP contribution in [-0.2, 0) is 19.4 Å². The maximum Gasteiger partial charge on any atom is 0.306 e. The summed E-state index contributed by atoms with van der Waals surface area (Å²) in [6.45, 7) is 2.18. The summed E-state index contributed by atoms with van der Waals surface area (Å²) >= 11 is 0. The van der Waals surface area contributed by atoms with Gasteiger partial charge < -0.3 is 4.74 Å². The fourth-order valence-electron chi connectivity index (χ4n) is 3.06. The normalized spacial score (nSPS) is 29.8. The van der Waals surface area contributed by atoms with E-state index in [-0.39, 0.29) is 28.8 Å². The van der Waals surface area contributed by atoms with Gasteiger partial charge in [0.15, 0.2) is 9.84 Å². The van der Waals surface area contributed by atoms with Crippen LogP contribution in [0.2, 0.25) is 0 Å². The second-order valence-electron chi connectivity index (χ2n) is 6.44. The van der Waals surface area contributed by atoms with E-state index in [0.717, 1.165) is 38.5 Å². The molecule has 5 heteroatoms. The summed E-state index contributed by atoms with van der Waals surface area (Å²) < 4.78 is 29.6. The maximum atomic E-state index is 12.5. The molecule has 0 saturated heterocycles. The van der Waals surface area contributed by atoms with Gasteiger partial charge in [0.2, 0.25) is 0 Å². The lowest BCUT2D eigenvalue weighted by molar-refractivity contribution is -0.141. The van der Waals surface area contributed by atoms with Gasteiger partial charge >= 0.3 is 5.97 Å². The summed E-state index contributed by atoms with van der Waals surface area (Å²) in [4.78, 5) is 11.4. The molecular formula is C14H24O4S. The fourth-order valence-corrected chi connectivity index (χ4v) is 5.53. The summed E-state index contributed by atoms with van der Waals surface area (Å²) in [5.41, 5.74) is -0.311. The van der Waals surface area contributed by atoms with E-state index in [1.807, 2.05) is 0 Å². The molecule has 2 aliphatic rings. The molecule has 0 aliphatic heterocycles. The van der Waals surface area contributed by atoms with E-state index in [2.05, 4.69) is 11.7 Å². The van der Waals surface area contributed by atoms with Crippen LogP contribution in [-0.4, -0.2) is 32.5 Å². The van der Waals surface area contributed by atoms with Crippen molar-refractivity contribution in [1.82, 2.24) is 0 Å². The minimum absolute atomic E-state index is 0.175. The number of hydrogen-bond acceptors (Lipinski definition) is 4. The third kappa shape index (κ3) is 3.71. The molecule has 0 bridgehead atoms. The molecule has 2 rings (SSSR count). The van der Waals surface area contributed by atoms with Gasteiger partial charge in [0.05, 0.1) is 24.5 Å². The molecule has 2 fully saturated rings. The Morgan fingerprint density at radius 1 is 1.21 bits per heavy atom. The molecule has 2 aliphatic carbocycles. The van der Waals surface area contributed by atoms with Crippen LogP contribution in [0.1, 0.15) is 51.9 Å². The zero-order valence-electron chi connectivity index (χ0n) is 11.9. The van der Waals surface area contributed by atoms with Crippen LogP contribution < -0.4 is 0 Å². The van der Waals surface area contributed by atoms with E-state index in [9.17, 15) is 13.2 Å². The number of hydrogen-bond donors (Lipinski definition) is 0. The first-order chi connectivity index (χ1) is 8.87. The minimum atomic E-state index is -3.06. The Bertz CT molecular complexity index is 428. The van der Waals surface area contributed by atoms with E-state index >= 15 is 0 Å². The van der Waals surface area contributed by atoms with Crippen molar-refractivity contribution in [2.45, 2.75) is 57.1 Å². The van der Waals surface area contributed by atoms with Crippen LogP contribution in [0.3, 0.4) is 0 Å². The Labute approximate surface area is 115 Å². The van der Waals surface area contributed by atoms with Gasteiger partial charge in [-0.2, -0.15) is 0 Å². The molecule has 0 aromatic rings. The Morgan fingerprint density at radius 3 is 2.26 bits per heavy atom.